The van der Waals surface area contributed by atoms with Crippen LogP contribution in [0.3, 0.4) is 0 Å². The minimum atomic E-state index is 0.114. The Morgan fingerprint density at radius 3 is 2.60 bits per heavy atom. The first kappa shape index (κ1) is 11.6. The molecule has 0 atom stereocenters. The first-order valence-electron chi connectivity index (χ1n) is 5.16. The number of hydrogen-bond acceptors (Lipinski definition) is 3. The normalized spacial score (nSPS) is 11.9. The van der Waals surface area contributed by atoms with Crippen LogP contribution in [0.5, 0.6) is 5.75 Å². The Kier molecular flexibility index (Phi) is 4.16. The van der Waals surface area contributed by atoms with E-state index in [0.717, 1.165) is 11.3 Å². The van der Waals surface area contributed by atoms with Gasteiger partial charge in [-0.3, -0.25) is 0 Å². The largest absolute Gasteiger partial charge is 0.490 e. The predicted octanol–water partition coefficient (Wildman–Crippen LogP) is 3.06. The van der Waals surface area contributed by atoms with Crippen molar-refractivity contribution in [3.8, 4) is 5.75 Å². The van der Waals surface area contributed by atoms with Crippen LogP contribution in [-0.2, 0) is 0 Å². The van der Waals surface area contributed by atoms with Crippen molar-refractivity contribution in [2.75, 3.05) is 0 Å². The van der Waals surface area contributed by atoms with E-state index in [-0.39, 0.29) is 6.10 Å². The molecule has 0 saturated heterocycles. The smallest absolute Gasteiger partial charge is 0.128 e. The lowest BCUT2D eigenvalue weighted by molar-refractivity contribution is 0.241. The first-order valence-corrected chi connectivity index (χ1v) is 5.16. The van der Waals surface area contributed by atoms with Crippen molar-refractivity contribution in [2.45, 2.75) is 33.3 Å². The summed E-state index contributed by atoms with van der Waals surface area (Å²) in [5.41, 5.74) is 1.50. The summed E-state index contributed by atoms with van der Waals surface area (Å²) >= 11 is 0. The van der Waals surface area contributed by atoms with Crippen LogP contribution in [0.15, 0.2) is 29.4 Å². The lowest BCUT2D eigenvalue weighted by atomic mass is 10.1. The van der Waals surface area contributed by atoms with Crippen molar-refractivity contribution in [3.05, 3.63) is 29.8 Å². The molecular weight excluding hydrogens is 190 g/mol. The van der Waals surface area contributed by atoms with E-state index in [4.69, 9.17) is 9.94 Å². The van der Waals surface area contributed by atoms with Crippen LogP contribution in [0.2, 0.25) is 0 Å². The number of benzene rings is 1. The van der Waals surface area contributed by atoms with Gasteiger partial charge >= 0.3 is 0 Å². The van der Waals surface area contributed by atoms with Gasteiger partial charge in [-0.15, -0.1) is 0 Å². The Labute approximate surface area is 90.4 Å². The lowest BCUT2D eigenvalue weighted by Gasteiger charge is -2.13. The topological polar surface area (TPSA) is 41.8 Å². The van der Waals surface area contributed by atoms with Crippen LogP contribution in [0.25, 0.3) is 0 Å². The molecule has 0 spiro atoms. The molecule has 0 bridgehead atoms. The maximum Gasteiger partial charge on any atom is 0.128 e. The van der Waals surface area contributed by atoms with E-state index in [9.17, 15) is 0 Å². The Hall–Kier alpha value is -1.51. The summed E-state index contributed by atoms with van der Waals surface area (Å²) in [6.07, 6.45) is 0.789. The molecule has 1 rings (SSSR count). The minimum Gasteiger partial charge on any atom is -0.490 e. The monoisotopic (exact) mass is 207 g/mol. The highest BCUT2D eigenvalue weighted by Gasteiger charge is 2.09. The lowest BCUT2D eigenvalue weighted by Crippen LogP contribution is -2.10. The predicted molar refractivity (Wildman–Crippen MR) is 60.8 cm³/mol. The number of ether oxygens (including phenoxy) is 1. The van der Waals surface area contributed by atoms with E-state index >= 15 is 0 Å². The molecule has 3 heteroatoms. The van der Waals surface area contributed by atoms with Gasteiger partial charge in [0.25, 0.3) is 0 Å². The van der Waals surface area contributed by atoms with Crippen molar-refractivity contribution in [1.82, 2.24) is 0 Å². The van der Waals surface area contributed by atoms with Gasteiger partial charge in [-0.1, -0.05) is 24.2 Å². The molecule has 0 aliphatic carbocycles. The van der Waals surface area contributed by atoms with Crippen LogP contribution in [0.4, 0.5) is 0 Å². The summed E-state index contributed by atoms with van der Waals surface area (Å²) in [5, 5.41) is 12.2. The average molecular weight is 207 g/mol. The average Bonchev–Trinajstić information content (AvgIpc) is 2.21. The number of rotatable bonds is 4. The van der Waals surface area contributed by atoms with E-state index in [1.54, 1.807) is 0 Å². The van der Waals surface area contributed by atoms with Crippen molar-refractivity contribution < 1.29 is 9.94 Å². The molecule has 0 amide bonds. The molecule has 1 N–H and O–H groups in total. The van der Waals surface area contributed by atoms with Crippen LogP contribution < -0.4 is 4.74 Å². The highest BCUT2D eigenvalue weighted by Crippen LogP contribution is 2.21. The molecule has 0 aromatic heterocycles. The third kappa shape index (κ3) is 2.98. The molecule has 0 aliphatic rings. The maximum atomic E-state index is 8.87. The fraction of sp³-hybridized carbons (Fsp3) is 0.417. The van der Waals surface area contributed by atoms with E-state index in [1.807, 2.05) is 45.0 Å². The summed E-state index contributed by atoms with van der Waals surface area (Å²) in [6, 6.07) is 7.60. The Morgan fingerprint density at radius 1 is 1.40 bits per heavy atom. The second-order valence-electron chi connectivity index (χ2n) is 3.56. The van der Waals surface area contributed by atoms with Gasteiger partial charge in [0, 0.05) is 5.56 Å². The molecule has 0 radical (unpaired) electrons. The van der Waals surface area contributed by atoms with E-state index < -0.39 is 0 Å². The summed E-state index contributed by atoms with van der Waals surface area (Å²) in [4.78, 5) is 0. The van der Waals surface area contributed by atoms with Crippen molar-refractivity contribution in [3.63, 3.8) is 0 Å². The molecule has 0 fully saturated rings. The molecule has 1 aromatic carbocycles. The van der Waals surface area contributed by atoms with Crippen LogP contribution in [-0.4, -0.2) is 17.0 Å². The Bertz CT molecular complexity index is 345. The molecule has 82 valence electrons. The minimum absolute atomic E-state index is 0.114. The number of nitrogens with zero attached hydrogens (tertiary/aromatic N) is 1. The molecular formula is C12H17NO2. The third-order valence-electron chi connectivity index (χ3n) is 2.02. The zero-order chi connectivity index (χ0) is 11.3. The van der Waals surface area contributed by atoms with Gasteiger partial charge in [-0.05, 0) is 32.4 Å². The quantitative estimate of drug-likeness (QED) is 0.468. The highest BCUT2D eigenvalue weighted by atomic mass is 16.5. The number of oxime groups is 1. The van der Waals surface area contributed by atoms with Crippen LogP contribution in [0.1, 0.15) is 32.8 Å². The highest BCUT2D eigenvalue weighted by molar-refractivity contribution is 6.02. The van der Waals surface area contributed by atoms with Gasteiger partial charge in [0.1, 0.15) is 5.75 Å². The van der Waals surface area contributed by atoms with Gasteiger partial charge < -0.3 is 9.94 Å². The van der Waals surface area contributed by atoms with Crippen molar-refractivity contribution in [2.24, 2.45) is 5.16 Å². The van der Waals surface area contributed by atoms with Crippen molar-refractivity contribution in [1.29, 1.82) is 0 Å². The summed E-state index contributed by atoms with van der Waals surface area (Å²) < 4.78 is 5.64. The molecule has 0 saturated carbocycles. The summed E-state index contributed by atoms with van der Waals surface area (Å²) in [6.45, 7) is 5.89. The van der Waals surface area contributed by atoms with Gasteiger partial charge in [0.15, 0.2) is 0 Å². The van der Waals surface area contributed by atoms with Crippen LogP contribution in [0, 0.1) is 0 Å². The zero-order valence-corrected chi connectivity index (χ0v) is 9.40. The van der Waals surface area contributed by atoms with Gasteiger partial charge in [-0.2, -0.15) is 0 Å². The SMILES string of the molecule is CC/C(=N\O)c1ccccc1OC(C)C. The van der Waals surface area contributed by atoms with E-state index in [2.05, 4.69) is 5.16 Å². The van der Waals surface area contributed by atoms with Crippen molar-refractivity contribution >= 4 is 5.71 Å². The Morgan fingerprint density at radius 2 is 2.07 bits per heavy atom. The fourth-order valence-corrected chi connectivity index (χ4v) is 1.38. The fourth-order valence-electron chi connectivity index (χ4n) is 1.38. The molecule has 0 unspecified atom stereocenters. The Balaban J connectivity index is 3.05. The maximum absolute atomic E-state index is 8.87. The third-order valence-corrected chi connectivity index (χ3v) is 2.02. The number of hydrogen-bond donors (Lipinski definition) is 1. The molecule has 0 aliphatic heterocycles. The van der Waals surface area contributed by atoms with Gasteiger partial charge in [0.05, 0.1) is 11.8 Å². The second kappa shape index (κ2) is 5.39. The first-order chi connectivity index (χ1) is 7.19. The second-order valence-corrected chi connectivity index (χ2v) is 3.56. The standard InChI is InChI=1S/C12H17NO2/c1-4-11(13-14)10-7-5-6-8-12(10)15-9(2)3/h5-9,14H,4H2,1-3H3/b13-11+. The van der Waals surface area contributed by atoms with E-state index in [0.29, 0.717) is 12.1 Å². The number of para-hydroxylation sites is 1. The van der Waals surface area contributed by atoms with Gasteiger partial charge in [-0.25, -0.2) is 0 Å². The van der Waals surface area contributed by atoms with E-state index in [1.165, 1.54) is 0 Å². The summed E-state index contributed by atoms with van der Waals surface area (Å²) in [7, 11) is 0. The van der Waals surface area contributed by atoms with Crippen LogP contribution >= 0.6 is 0 Å². The van der Waals surface area contributed by atoms with Gasteiger partial charge in [0.2, 0.25) is 0 Å². The molecule has 3 nitrogen and oxygen atoms in total. The summed E-state index contributed by atoms with van der Waals surface area (Å²) in [5.74, 6) is 0.766. The zero-order valence-electron chi connectivity index (χ0n) is 9.40. The molecule has 15 heavy (non-hydrogen) atoms. The molecule has 0 heterocycles. The molecule has 1 aromatic rings.